The first-order chi connectivity index (χ1) is 14.1. The number of nitrogens with one attached hydrogen (secondary N) is 1. The van der Waals surface area contributed by atoms with Crippen LogP contribution in [0.4, 0.5) is 14.5 Å². The zero-order valence-electron chi connectivity index (χ0n) is 16.0. The minimum absolute atomic E-state index is 0.0351. The Hall–Kier alpha value is -2.52. The summed E-state index contributed by atoms with van der Waals surface area (Å²) in [7, 11) is 0. The van der Waals surface area contributed by atoms with E-state index in [1.165, 1.54) is 31.3 Å². The Morgan fingerprint density at radius 1 is 1.33 bits per heavy atom. The van der Waals surface area contributed by atoms with Crippen molar-refractivity contribution in [3.8, 4) is 0 Å². The van der Waals surface area contributed by atoms with Gasteiger partial charge >= 0.3 is 0 Å². The van der Waals surface area contributed by atoms with E-state index in [-0.39, 0.29) is 33.8 Å². The second-order valence-corrected chi connectivity index (χ2v) is 9.32. The molecule has 0 radical (unpaired) electrons. The van der Waals surface area contributed by atoms with Gasteiger partial charge in [0, 0.05) is 29.4 Å². The van der Waals surface area contributed by atoms with Gasteiger partial charge in [-0.2, -0.15) is 0 Å². The van der Waals surface area contributed by atoms with Gasteiger partial charge in [-0.3, -0.25) is 14.6 Å². The summed E-state index contributed by atoms with van der Waals surface area (Å²) in [6.07, 6.45) is 1.76. The van der Waals surface area contributed by atoms with Crippen LogP contribution < -0.4 is 11.1 Å². The van der Waals surface area contributed by atoms with Gasteiger partial charge in [-0.05, 0) is 38.5 Å². The van der Waals surface area contributed by atoms with E-state index in [4.69, 9.17) is 17.3 Å². The number of thioether (sulfide) groups is 1. The van der Waals surface area contributed by atoms with Crippen LogP contribution in [0, 0.1) is 17.6 Å². The van der Waals surface area contributed by atoms with E-state index in [1.807, 2.05) is 0 Å². The zero-order chi connectivity index (χ0) is 21.8. The van der Waals surface area contributed by atoms with Crippen molar-refractivity contribution in [1.29, 1.82) is 0 Å². The van der Waals surface area contributed by atoms with E-state index in [0.717, 1.165) is 17.8 Å². The summed E-state index contributed by atoms with van der Waals surface area (Å²) in [5, 5.41) is 3.01. The molecule has 0 bridgehead atoms. The predicted molar refractivity (Wildman–Crippen MR) is 112 cm³/mol. The molecule has 2 aromatic rings. The highest BCUT2D eigenvalue weighted by atomic mass is 35.5. The highest BCUT2D eigenvalue weighted by Gasteiger charge is 2.69. The third kappa shape index (κ3) is 3.26. The second kappa shape index (κ2) is 7.02. The molecule has 1 aromatic heterocycles. The number of carbonyl (C=O) groups is 2. The summed E-state index contributed by atoms with van der Waals surface area (Å²) < 4.78 is 28.5. The summed E-state index contributed by atoms with van der Waals surface area (Å²) in [5.74, 6) is -3.26. The van der Waals surface area contributed by atoms with Crippen LogP contribution in [0.25, 0.3) is 0 Å². The predicted octanol–water partition coefficient (Wildman–Crippen LogP) is 3.89. The van der Waals surface area contributed by atoms with Gasteiger partial charge in [0.15, 0.2) is 16.8 Å². The first kappa shape index (κ1) is 20.7. The maximum atomic E-state index is 14.8. The fraction of sp³-hybridized carbons (Fsp3) is 0.300. The molecular formula is C20H17ClF2N4O2S. The van der Waals surface area contributed by atoms with E-state index in [0.29, 0.717) is 11.4 Å². The number of amidine groups is 1. The molecule has 0 unspecified atom stereocenters. The van der Waals surface area contributed by atoms with E-state index >= 15 is 0 Å². The lowest BCUT2D eigenvalue weighted by atomic mass is 9.85. The molecule has 1 amide bonds. The van der Waals surface area contributed by atoms with Crippen LogP contribution in [-0.2, 0) is 10.3 Å². The Kier molecular flexibility index (Phi) is 4.85. The molecule has 3 atom stereocenters. The molecule has 0 saturated heterocycles. The lowest BCUT2D eigenvalue weighted by Gasteiger charge is -2.33. The van der Waals surface area contributed by atoms with Gasteiger partial charge in [-0.15, -0.1) is 0 Å². The molecule has 10 heteroatoms. The van der Waals surface area contributed by atoms with Crippen LogP contribution in [-0.4, -0.2) is 26.6 Å². The van der Waals surface area contributed by atoms with Gasteiger partial charge in [-0.25, -0.2) is 13.8 Å². The van der Waals surface area contributed by atoms with Gasteiger partial charge in [0.05, 0.1) is 15.3 Å². The molecule has 1 aliphatic carbocycles. The summed E-state index contributed by atoms with van der Waals surface area (Å²) in [6.45, 7) is 3.08. The van der Waals surface area contributed by atoms with E-state index in [1.54, 1.807) is 6.92 Å². The number of anilines is 1. The van der Waals surface area contributed by atoms with Gasteiger partial charge in [0.2, 0.25) is 0 Å². The van der Waals surface area contributed by atoms with Crippen molar-refractivity contribution in [2.75, 3.05) is 5.32 Å². The minimum Gasteiger partial charge on any atom is -0.378 e. The maximum absolute atomic E-state index is 14.8. The zero-order valence-corrected chi connectivity index (χ0v) is 17.6. The molecule has 6 nitrogen and oxygen atoms in total. The normalized spacial score (nSPS) is 27.1. The fourth-order valence-corrected chi connectivity index (χ4v) is 5.46. The van der Waals surface area contributed by atoms with Crippen LogP contribution in [0.1, 0.15) is 36.3 Å². The summed E-state index contributed by atoms with van der Waals surface area (Å²) in [4.78, 5) is 32.9. The number of hydrogen-bond donors (Lipinski definition) is 2. The Bertz CT molecular complexity index is 1110. The largest absolute Gasteiger partial charge is 0.378 e. The number of ketones is 1. The van der Waals surface area contributed by atoms with Crippen molar-refractivity contribution in [2.24, 2.45) is 16.6 Å². The number of benzene rings is 1. The van der Waals surface area contributed by atoms with Crippen LogP contribution >= 0.6 is 23.4 Å². The Morgan fingerprint density at radius 3 is 2.70 bits per heavy atom. The molecule has 156 valence electrons. The fourth-order valence-electron chi connectivity index (χ4n) is 3.97. The Balaban J connectivity index is 1.72. The number of halogens is 3. The van der Waals surface area contributed by atoms with Crippen LogP contribution in [0.3, 0.4) is 0 Å². The molecule has 30 heavy (non-hydrogen) atoms. The van der Waals surface area contributed by atoms with Gasteiger partial charge in [0.1, 0.15) is 11.5 Å². The highest BCUT2D eigenvalue weighted by molar-refractivity contribution is 8.15. The molecule has 1 fully saturated rings. The van der Waals surface area contributed by atoms with Crippen molar-refractivity contribution in [1.82, 2.24) is 4.98 Å². The van der Waals surface area contributed by atoms with Crippen molar-refractivity contribution >= 4 is 45.9 Å². The summed E-state index contributed by atoms with van der Waals surface area (Å²) >= 11 is 6.93. The van der Waals surface area contributed by atoms with E-state index in [2.05, 4.69) is 15.3 Å². The topological polar surface area (TPSA) is 97.4 Å². The number of rotatable bonds is 4. The number of aromatic nitrogens is 1. The smallest absolute Gasteiger partial charge is 0.274 e. The van der Waals surface area contributed by atoms with Gasteiger partial charge in [0.25, 0.3) is 5.91 Å². The number of hydrogen-bond acceptors (Lipinski definition) is 6. The minimum atomic E-state index is -1.24. The van der Waals surface area contributed by atoms with Gasteiger partial charge < -0.3 is 11.1 Å². The van der Waals surface area contributed by atoms with Crippen molar-refractivity contribution in [2.45, 2.75) is 30.6 Å². The molecule has 1 saturated carbocycles. The number of nitrogens with zero attached hydrogens (tertiary/aromatic N) is 2. The van der Waals surface area contributed by atoms with Crippen LogP contribution in [0.15, 0.2) is 35.5 Å². The van der Waals surface area contributed by atoms with Crippen molar-refractivity contribution in [3.63, 3.8) is 0 Å². The Morgan fingerprint density at radius 2 is 2.07 bits per heavy atom. The highest BCUT2D eigenvalue weighted by Crippen LogP contribution is 2.66. The number of nitrogens with two attached hydrogens (primary N) is 1. The number of pyridine rings is 1. The molecule has 1 aliphatic heterocycles. The average molecular weight is 451 g/mol. The molecule has 3 N–H and O–H groups in total. The SMILES string of the molecule is CC(=O)[C@]12C[C@H]1[C@@](C)(c1cc(NC(=O)c3ccc(Cl)cn3)cc(F)c1F)N=C(N)S2. The van der Waals surface area contributed by atoms with Crippen molar-refractivity contribution < 1.29 is 18.4 Å². The third-order valence-corrected chi connectivity index (χ3v) is 7.23. The lowest BCUT2D eigenvalue weighted by molar-refractivity contribution is -0.117. The maximum Gasteiger partial charge on any atom is 0.274 e. The molecule has 0 spiro atoms. The first-order valence-corrected chi connectivity index (χ1v) is 10.2. The molecule has 4 rings (SSSR count). The van der Waals surface area contributed by atoms with Crippen LogP contribution in [0.5, 0.6) is 0 Å². The summed E-state index contributed by atoms with van der Waals surface area (Å²) in [6, 6.07) is 5.11. The Labute approximate surface area is 180 Å². The number of Topliss-reactive ketones (excluding diaryl/α,β-unsaturated/α-hetero) is 1. The molecule has 1 aromatic carbocycles. The van der Waals surface area contributed by atoms with E-state index < -0.39 is 27.8 Å². The second-order valence-electron chi connectivity index (χ2n) is 7.54. The molecule has 2 aliphatic rings. The van der Waals surface area contributed by atoms with Crippen LogP contribution in [0.2, 0.25) is 5.02 Å². The number of aliphatic imine (C=N–C) groups is 1. The third-order valence-electron chi connectivity index (χ3n) is 5.61. The monoisotopic (exact) mass is 450 g/mol. The number of carbonyl (C=O) groups excluding carboxylic acids is 2. The van der Waals surface area contributed by atoms with Crippen molar-refractivity contribution in [3.05, 3.63) is 58.4 Å². The number of fused-ring (bicyclic) bond motifs is 1. The first-order valence-electron chi connectivity index (χ1n) is 9.04. The average Bonchev–Trinajstić information content (AvgIpc) is 3.42. The summed E-state index contributed by atoms with van der Waals surface area (Å²) in [5.41, 5.74) is 4.72. The molecule has 2 heterocycles. The van der Waals surface area contributed by atoms with Gasteiger partial charge in [-0.1, -0.05) is 23.4 Å². The number of amides is 1. The van der Waals surface area contributed by atoms with E-state index in [9.17, 15) is 18.4 Å². The lowest BCUT2D eigenvalue weighted by Crippen LogP contribution is -2.39. The standard InChI is InChI=1S/C20H17ClF2N4O2S/c1-9(28)20-7-15(20)19(2,27-18(24)30-20)12-5-11(6-13(22)16(12)23)26-17(29)14-4-3-10(21)8-25-14/h3-6,8,15H,7H2,1-2H3,(H2,24,27)(H,26,29)/t15-,19+,20+/m0/s1. The quantitative estimate of drug-likeness (QED) is 0.736. The molecular weight excluding hydrogens is 434 g/mol.